The molecule has 0 bridgehead atoms. The summed E-state index contributed by atoms with van der Waals surface area (Å²) in [5.41, 5.74) is 1.74. The molecule has 2 aromatic carbocycles. The van der Waals surface area contributed by atoms with Crippen molar-refractivity contribution in [1.82, 2.24) is 20.5 Å². The van der Waals surface area contributed by atoms with E-state index in [-0.39, 0.29) is 23.1 Å². The van der Waals surface area contributed by atoms with Crippen LogP contribution in [-0.4, -0.2) is 40.7 Å². The maximum atomic E-state index is 15.0. The number of aromatic nitrogens is 3. The van der Waals surface area contributed by atoms with E-state index in [1.807, 2.05) is 56.5 Å². The van der Waals surface area contributed by atoms with Crippen molar-refractivity contribution >= 4 is 28.1 Å². The molecule has 4 N–H and O–H groups in total. The molecule has 0 aliphatic heterocycles. The first kappa shape index (κ1) is 26.4. The van der Waals surface area contributed by atoms with Gasteiger partial charge in [-0.3, -0.25) is 14.6 Å². The lowest BCUT2D eigenvalue weighted by Gasteiger charge is -2.24. The van der Waals surface area contributed by atoms with Crippen molar-refractivity contribution in [3.05, 3.63) is 85.6 Å². The first-order chi connectivity index (χ1) is 17.8. The van der Waals surface area contributed by atoms with E-state index in [0.29, 0.717) is 18.0 Å². The van der Waals surface area contributed by atoms with Gasteiger partial charge in [-0.2, -0.15) is 5.10 Å². The maximum absolute atomic E-state index is 15.0. The molecule has 194 valence electrons. The summed E-state index contributed by atoms with van der Waals surface area (Å²) in [5, 5.41) is 12.4. The number of para-hydroxylation sites is 1. The summed E-state index contributed by atoms with van der Waals surface area (Å²) in [5.74, 6) is -3.27. The van der Waals surface area contributed by atoms with Crippen LogP contribution in [0, 0.1) is 18.6 Å². The van der Waals surface area contributed by atoms with Crippen LogP contribution < -0.4 is 20.2 Å². The molecule has 0 saturated heterocycles. The fourth-order valence-corrected chi connectivity index (χ4v) is 5.23. The lowest BCUT2D eigenvalue weighted by atomic mass is 9.97. The monoisotopic (exact) mass is 528 g/mol. The van der Waals surface area contributed by atoms with E-state index < -0.39 is 29.1 Å². The Morgan fingerprint density at radius 3 is 2.59 bits per heavy atom. The number of nitrogens with two attached hydrogens (primary N) is 1. The van der Waals surface area contributed by atoms with Gasteiger partial charge >= 0.3 is 4.87 Å². The highest BCUT2D eigenvalue weighted by Crippen LogP contribution is 2.26. The standard InChI is InChI=1S/C26H27F2N5O3S/c1-4-17(25-32-33-26(35)37-25)22(12-29-3)31-24(34)23-19(27)10-16(11-20(23)28)36-13-15-9-14(2)30-21-8-6-5-7-18(15)21/h5-11,17,22,29H,4,12-13H2,1-3H3,(H,31,34)(H,33,35)/p+1/t17-,22+/m0/s1. The van der Waals surface area contributed by atoms with Crippen LogP contribution in [0.1, 0.15) is 45.9 Å². The lowest BCUT2D eigenvalue weighted by Crippen LogP contribution is -2.83. The number of nitrogens with zero attached hydrogens (tertiary/aromatic N) is 2. The van der Waals surface area contributed by atoms with E-state index in [2.05, 4.69) is 20.5 Å². The molecule has 0 radical (unpaired) electrons. The number of hydrogen-bond acceptors (Lipinski definition) is 6. The second kappa shape index (κ2) is 11.6. The molecule has 0 fully saturated rings. The second-order valence-electron chi connectivity index (χ2n) is 8.68. The number of aryl methyl sites for hydroxylation is 1. The normalized spacial score (nSPS) is 12.9. The number of quaternary nitrogens is 1. The molecule has 11 heteroatoms. The minimum Gasteiger partial charge on any atom is -0.489 e. The van der Waals surface area contributed by atoms with Crippen molar-refractivity contribution in [1.29, 1.82) is 0 Å². The van der Waals surface area contributed by atoms with E-state index in [1.54, 1.807) is 0 Å². The molecule has 4 rings (SSSR count). The Morgan fingerprint density at radius 2 is 1.95 bits per heavy atom. The SMILES string of the molecule is CC[C@H](c1n[nH]c(=O)s1)[C@@H](C[NH2+]C)NC(=O)c1c(F)cc(OCc2cc(C)nc3ccccc23)cc1F. The van der Waals surface area contributed by atoms with Gasteiger partial charge in [-0.1, -0.05) is 36.5 Å². The van der Waals surface area contributed by atoms with E-state index in [4.69, 9.17) is 4.74 Å². The molecule has 0 saturated carbocycles. The summed E-state index contributed by atoms with van der Waals surface area (Å²) in [6, 6.07) is 10.9. The van der Waals surface area contributed by atoms with Gasteiger partial charge in [-0.15, -0.1) is 0 Å². The number of amides is 1. The third kappa shape index (κ3) is 6.00. The topological polar surface area (TPSA) is 114 Å². The number of carbonyl (C=O) groups excluding carboxylic acids is 1. The number of ether oxygens (including phenoxy) is 1. The number of aromatic amines is 1. The number of benzene rings is 2. The molecule has 2 heterocycles. The molecule has 0 unspecified atom stereocenters. The van der Waals surface area contributed by atoms with Crippen molar-refractivity contribution < 1.29 is 23.6 Å². The number of hydrogen-bond donors (Lipinski definition) is 3. The third-order valence-electron chi connectivity index (χ3n) is 6.07. The molecule has 8 nitrogen and oxygen atoms in total. The lowest BCUT2D eigenvalue weighted by molar-refractivity contribution is -0.629. The zero-order valence-corrected chi connectivity index (χ0v) is 21.5. The maximum Gasteiger partial charge on any atom is 0.322 e. The second-order valence-corrected chi connectivity index (χ2v) is 9.67. The number of likely N-dealkylation sites (N-methyl/N-ethyl adjacent to an activating group) is 1. The number of halogens is 2. The summed E-state index contributed by atoms with van der Waals surface area (Å²) in [6.07, 6.45) is 0.570. The number of rotatable bonds is 10. The van der Waals surface area contributed by atoms with Crippen LogP contribution in [0.2, 0.25) is 0 Å². The largest absolute Gasteiger partial charge is 0.489 e. The number of nitrogens with one attached hydrogen (secondary N) is 2. The number of pyridine rings is 1. The third-order valence-corrected chi connectivity index (χ3v) is 6.95. The molecule has 0 aliphatic carbocycles. The number of carbonyl (C=O) groups is 1. The van der Waals surface area contributed by atoms with E-state index in [9.17, 15) is 18.4 Å². The fraction of sp³-hybridized carbons (Fsp3) is 0.308. The average molecular weight is 529 g/mol. The van der Waals surface area contributed by atoms with Crippen molar-refractivity contribution in [2.24, 2.45) is 0 Å². The fourth-order valence-electron chi connectivity index (χ4n) is 4.37. The summed E-state index contributed by atoms with van der Waals surface area (Å²) >= 11 is 0.955. The van der Waals surface area contributed by atoms with Crippen LogP contribution in [-0.2, 0) is 6.61 Å². The number of H-pyrrole nitrogens is 1. The summed E-state index contributed by atoms with van der Waals surface area (Å²) in [6.45, 7) is 4.27. The summed E-state index contributed by atoms with van der Waals surface area (Å²) in [4.78, 5) is 28.7. The van der Waals surface area contributed by atoms with Gasteiger partial charge in [-0.05, 0) is 25.5 Å². The van der Waals surface area contributed by atoms with Gasteiger partial charge in [0.1, 0.15) is 34.6 Å². The van der Waals surface area contributed by atoms with Crippen LogP contribution in [0.4, 0.5) is 8.78 Å². The van der Waals surface area contributed by atoms with Gasteiger partial charge in [0.15, 0.2) is 0 Å². The molecule has 1 amide bonds. The smallest absolute Gasteiger partial charge is 0.322 e. The van der Waals surface area contributed by atoms with Gasteiger partial charge in [-0.25, -0.2) is 13.9 Å². The predicted molar refractivity (Wildman–Crippen MR) is 137 cm³/mol. The molecule has 0 spiro atoms. The number of fused-ring (bicyclic) bond motifs is 1. The van der Waals surface area contributed by atoms with Gasteiger partial charge in [0.2, 0.25) is 0 Å². The minimum atomic E-state index is -1.03. The van der Waals surface area contributed by atoms with Crippen molar-refractivity contribution in [2.75, 3.05) is 13.6 Å². The Balaban J connectivity index is 1.53. The van der Waals surface area contributed by atoms with Crippen LogP contribution in [0.25, 0.3) is 10.9 Å². The average Bonchev–Trinajstić information content (AvgIpc) is 3.28. The highest BCUT2D eigenvalue weighted by atomic mass is 32.1. The van der Waals surface area contributed by atoms with E-state index in [1.165, 1.54) is 0 Å². The van der Waals surface area contributed by atoms with Crippen LogP contribution in [0.3, 0.4) is 0 Å². The van der Waals surface area contributed by atoms with Gasteiger partial charge in [0, 0.05) is 34.7 Å². The molecular formula is C26H28F2N5O3S+. The summed E-state index contributed by atoms with van der Waals surface area (Å²) < 4.78 is 35.7. The minimum absolute atomic E-state index is 0.0312. The van der Waals surface area contributed by atoms with Gasteiger partial charge in [0.05, 0.1) is 25.2 Å². The molecule has 37 heavy (non-hydrogen) atoms. The molecule has 2 atom stereocenters. The summed E-state index contributed by atoms with van der Waals surface area (Å²) in [7, 11) is 1.82. The van der Waals surface area contributed by atoms with Gasteiger partial charge < -0.3 is 15.4 Å². The first-order valence-electron chi connectivity index (χ1n) is 11.9. The van der Waals surface area contributed by atoms with Crippen molar-refractivity contribution in [2.45, 2.75) is 38.8 Å². The molecule has 4 aromatic rings. The Hall–Kier alpha value is -3.70. The highest BCUT2D eigenvalue weighted by molar-refractivity contribution is 7.08. The van der Waals surface area contributed by atoms with E-state index >= 15 is 0 Å². The Bertz CT molecular complexity index is 1450. The molecule has 2 aromatic heterocycles. The molecule has 0 aliphatic rings. The zero-order valence-electron chi connectivity index (χ0n) is 20.7. The van der Waals surface area contributed by atoms with Crippen LogP contribution in [0.5, 0.6) is 5.75 Å². The Kier molecular flexibility index (Phi) is 8.24. The van der Waals surface area contributed by atoms with Crippen molar-refractivity contribution in [3.63, 3.8) is 0 Å². The predicted octanol–water partition coefficient (Wildman–Crippen LogP) is 3.03. The Morgan fingerprint density at radius 1 is 1.22 bits per heavy atom. The van der Waals surface area contributed by atoms with Crippen molar-refractivity contribution in [3.8, 4) is 5.75 Å². The quantitative estimate of drug-likeness (QED) is 0.293. The first-order valence-corrected chi connectivity index (χ1v) is 12.7. The Labute approximate surface area is 216 Å². The molecular weight excluding hydrogens is 500 g/mol. The zero-order chi connectivity index (χ0) is 26.5. The highest BCUT2D eigenvalue weighted by Gasteiger charge is 2.30. The van der Waals surface area contributed by atoms with Crippen LogP contribution in [0.15, 0.2) is 47.3 Å². The van der Waals surface area contributed by atoms with Gasteiger partial charge in [0.25, 0.3) is 5.91 Å². The van der Waals surface area contributed by atoms with E-state index in [0.717, 1.165) is 45.6 Å². The van der Waals surface area contributed by atoms with Crippen LogP contribution >= 0.6 is 11.3 Å².